The van der Waals surface area contributed by atoms with E-state index in [1.165, 1.54) is 45.2 Å². The van der Waals surface area contributed by atoms with E-state index in [4.69, 9.17) is 9.47 Å². The van der Waals surface area contributed by atoms with E-state index in [9.17, 15) is 4.79 Å². The largest absolute Gasteiger partial charge is 0.444 e. The molecule has 1 fully saturated rings. The first-order chi connectivity index (χ1) is 16.2. The zero-order chi connectivity index (χ0) is 25.4. The Hall–Kier alpha value is -2.01. The molecular formula is C29H50N2O3. The molecule has 0 heterocycles. The highest BCUT2D eigenvalue weighted by Gasteiger charge is 2.18. The fourth-order valence-electron chi connectivity index (χ4n) is 3.21. The van der Waals surface area contributed by atoms with Gasteiger partial charge in [-0.25, -0.2) is 4.79 Å². The topological polar surface area (TPSA) is 50.8 Å². The maximum Gasteiger partial charge on any atom is 0.407 e. The Morgan fingerprint density at radius 3 is 2.29 bits per heavy atom. The Balaban J connectivity index is 0.000000362. The van der Waals surface area contributed by atoms with Crippen molar-refractivity contribution in [1.82, 2.24) is 10.2 Å². The van der Waals surface area contributed by atoms with Crippen molar-refractivity contribution in [2.24, 2.45) is 5.92 Å². The van der Waals surface area contributed by atoms with Gasteiger partial charge in [-0.2, -0.15) is 0 Å². The molecule has 1 aromatic carbocycles. The summed E-state index contributed by atoms with van der Waals surface area (Å²) in [6.45, 7) is 18.0. The van der Waals surface area contributed by atoms with Gasteiger partial charge in [0.1, 0.15) is 5.60 Å². The standard InChI is InChI=1S/C16H25NO3.C13H25N/c1-5-14(17-15(18)20-16(2,3)4)12-19-11-13-9-7-6-8-10-13;1-4-9-14(11-13-6-7-13)10-8-12(3)5-2/h6-10,14H,5,11-12H2,1-4H3,(H,17,18);11-12H,4-10H2,1-3H3. The summed E-state index contributed by atoms with van der Waals surface area (Å²) in [4.78, 5) is 14.2. The van der Waals surface area contributed by atoms with Crippen LogP contribution in [0.5, 0.6) is 0 Å². The monoisotopic (exact) mass is 474 g/mol. The summed E-state index contributed by atoms with van der Waals surface area (Å²) in [6.07, 6.45) is 9.45. The molecule has 194 valence electrons. The number of amides is 1. The van der Waals surface area contributed by atoms with Gasteiger partial charge in [-0.15, -0.1) is 0 Å². The minimum atomic E-state index is -0.479. The number of carbonyl (C=O) groups is 1. The van der Waals surface area contributed by atoms with Gasteiger partial charge >= 0.3 is 6.09 Å². The third-order valence-corrected chi connectivity index (χ3v) is 5.66. The summed E-state index contributed by atoms with van der Waals surface area (Å²) >= 11 is 0. The van der Waals surface area contributed by atoms with Crippen LogP contribution in [0.4, 0.5) is 4.79 Å². The molecular weight excluding hydrogens is 424 g/mol. The molecule has 0 radical (unpaired) electrons. The number of carbonyl (C=O) groups excluding carboxylic acids is 1. The van der Waals surface area contributed by atoms with Crippen molar-refractivity contribution >= 4 is 6.09 Å². The normalized spacial score (nSPS) is 14.4. The van der Waals surface area contributed by atoms with Gasteiger partial charge in [0, 0.05) is 13.1 Å². The first-order valence-corrected chi connectivity index (χ1v) is 13.2. The predicted molar refractivity (Wildman–Crippen MR) is 143 cm³/mol. The number of ether oxygens (including phenoxy) is 2. The zero-order valence-corrected chi connectivity index (χ0v) is 22.9. The number of hydrogen-bond acceptors (Lipinski definition) is 4. The van der Waals surface area contributed by atoms with Gasteiger partial charge in [0.25, 0.3) is 0 Å². The lowest BCUT2D eigenvalue weighted by atomic mass is 10.1. The molecule has 2 rings (SSSR count). The lowest BCUT2D eigenvalue weighted by molar-refractivity contribution is 0.0426. The number of benzene rings is 1. The fraction of sp³-hybridized carbons (Fsp3) is 0.690. The second kappa shape index (κ2) is 16.6. The van der Waals surface area contributed by atoms with Crippen LogP contribution < -0.4 is 5.32 Å². The average molecular weight is 475 g/mol. The van der Waals surface area contributed by atoms with Crippen molar-refractivity contribution < 1.29 is 14.3 Å². The molecule has 2 atom stereocenters. The number of alkyl carbamates (subject to hydrolysis) is 1. The van der Waals surface area contributed by atoms with Crippen LogP contribution >= 0.6 is 0 Å². The Bertz CT molecular complexity index is 691. The second-order valence-electron chi connectivity index (χ2n) is 10.4. The van der Waals surface area contributed by atoms with Crippen LogP contribution in [0.3, 0.4) is 0 Å². The predicted octanol–water partition coefficient (Wildman–Crippen LogP) is 7.32. The molecule has 5 nitrogen and oxygen atoms in total. The Morgan fingerprint density at radius 1 is 1.09 bits per heavy atom. The molecule has 0 bridgehead atoms. The van der Waals surface area contributed by atoms with Crippen molar-refractivity contribution in [3.8, 4) is 0 Å². The molecule has 0 saturated heterocycles. The van der Waals surface area contributed by atoms with Gasteiger partial charge in [-0.1, -0.05) is 70.0 Å². The molecule has 1 aliphatic rings. The number of allylic oxidation sites excluding steroid dienone is 1. The summed E-state index contributed by atoms with van der Waals surface area (Å²) in [5.41, 5.74) is 2.30. The second-order valence-corrected chi connectivity index (χ2v) is 10.4. The summed E-state index contributed by atoms with van der Waals surface area (Å²) in [5.74, 6) is 0.881. The minimum absolute atomic E-state index is 0.0337. The number of rotatable bonds is 13. The van der Waals surface area contributed by atoms with Crippen molar-refractivity contribution in [3.05, 3.63) is 47.7 Å². The fourth-order valence-corrected chi connectivity index (χ4v) is 3.21. The molecule has 0 aromatic heterocycles. The van der Waals surface area contributed by atoms with Gasteiger partial charge in [0.15, 0.2) is 0 Å². The van der Waals surface area contributed by atoms with Crippen LogP contribution in [0.25, 0.3) is 0 Å². The first kappa shape index (κ1) is 30.0. The third kappa shape index (κ3) is 15.8. The maximum atomic E-state index is 11.7. The van der Waals surface area contributed by atoms with E-state index < -0.39 is 11.7 Å². The quantitative estimate of drug-likeness (QED) is 0.325. The van der Waals surface area contributed by atoms with Crippen molar-refractivity contribution in [2.45, 2.75) is 105 Å². The van der Waals surface area contributed by atoms with E-state index in [1.54, 1.807) is 5.57 Å². The molecule has 1 saturated carbocycles. The van der Waals surface area contributed by atoms with Gasteiger partial charge in [-0.05, 0) is 70.6 Å². The number of nitrogens with zero attached hydrogens (tertiary/aromatic N) is 1. The molecule has 0 aliphatic heterocycles. The third-order valence-electron chi connectivity index (χ3n) is 5.66. The highest BCUT2D eigenvalue weighted by atomic mass is 16.6. The van der Waals surface area contributed by atoms with E-state index in [-0.39, 0.29) is 6.04 Å². The highest BCUT2D eigenvalue weighted by Crippen LogP contribution is 2.28. The molecule has 0 spiro atoms. The van der Waals surface area contributed by atoms with Crippen molar-refractivity contribution in [2.75, 3.05) is 19.7 Å². The van der Waals surface area contributed by atoms with Crippen LogP contribution in [0, 0.1) is 5.92 Å². The van der Waals surface area contributed by atoms with Gasteiger partial charge in [0.2, 0.25) is 0 Å². The van der Waals surface area contributed by atoms with E-state index in [1.807, 2.05) is 58.0 Å². The average Bonchev–Trinajstić information content (AvgIpc) is 3.60. The van der Waals surface area contributed by atoms with E-state index in [0.29, 0.717) is 13.2 Å². The van der Waals surface area contributed by atoms with E-state index in [2.05, 4.69) is 37.2 Å². The Kier molecular flexibility index (Phi) is 14.6. The van der Waals surface area contributed by atoms with Crippen molar-refractivity contribution in [3.63, 3.8) is 0 Å². The summed E-state index contributed by atoms with van der Waals surface area (Å²) in [7, 11) is 0. The molecule has 5 heteroatoms. The molecule has 1 aliphatic carbocycles. The van der Waals surface area contributed by atoms with E-state index in [0.717, 1.165) is 17.9 Å². The van der Waals surface area contributed by atoms with Crippen LogP contribution in [-0.2, 0) is 16.1 Å². The van der Waals surface area contributed by atoms with E-state index >= 15 is 0 Å². The SMILES string of the molecule is CCC(COCc1ccccc1)NC(=O)OC(C)(C)C.CCCN(C=C1CC1)CCC(C)CC. The van der Waals surface area contributed by atoms with Gasteiger partial charge in [-0.3, -0.25) is 0 Å². The Labute approximate surface area is 209 Å². The molecule has 1 N–H and O–H groups in total. The van der Waals surface area contributed by atoms with Gasteiger partial charge in [0.05, 0.1) is 19.3 Å². The molecule has 1 aromatic rings. The minimum Gasteiger partial charge on any atom is -0.444 e. The number of nitrogens with one attached hydrogen (secondary N) is 1. The van der Waals surface area contributed by atoms with Crippen LogP contribution in [0.1, 0.15) is 92.6 Å². The van der Waals surface area contributed by atoms with Gasteiger partial charge < -0.3 is 19.7 Å². The lowest BCUT2D eigenvalue weighted by Gasteiger charge is -2.23. The smallest absolute Gasteiger partial charge is 0.407 e. The van der Waals surface area contributed by atoms with Crippen LogP contribution in [-0.4, -0.2) is 42.3 Å². The Morgan fingerprint density at radius 2 is 1.76 bits per heavy atom. The van der Waals surface area contributed by atoms with Crippen LogP contribution in [0.2, 0.25) is 0 Å². The molecule has 2 unspecified atom stereocenters. The van der Waals surface area contributed by atoms with Crippen molar-refractivity contribution in [1.29, 1.82) is 0 Å². The summed E-state index contributed by atoms with van der Waals surface area (Å²) in [5, 5.41) is 2.82. The molecule has 34 heavy (non-hydrogen) atoms. The zero-order valence-electron chi connectivity index (χ0n) is 22.9. The molecule has 1 amide bonds. The highest BCUT2D eigenvalue weighted by molar-refractivity contribution is 5.68. The maximum absolute atomic E-state index is 11.7. The van der Waals surface area contributed by atoms with Crippen LogP contribution in [0.15, 0.2) is 42.1 Å². The lowest BCUT2D eigenvalue weighted by Crippen LogP contribution is -2.41. The summed E-state index contributed by atoms with van der Waals surface area (Å²) < 4.78 is 10.9. The summed E-state index contributed by atoms with van der Waals surface area (Å²) in [6, 6.07) is 9.94. The first-order valence-electron chi connectivity index (χ1n) is 13.2. The number of hydrogen-bond donors (Lipinski definition) is 1.